The van der Waals surface area contributed by atoms with Crippen LogP contribution < -0.4 is 10.2 Å². The molecule has 1 amide bonds. The predicted molar refractivity (Wildman–Crippen MR) is 123 cm³/mol. The van der Waals surface area contributed by atoms with Crippen LogP contribution in [0.4, 0.5) is 11.4 Å². The predicted octanol–water partition coefficient (Wildman–Crippen LogP) is 5.23. The molecule has 0 unspecified atom stereocenters. The van der Waals surface area contributed by atoms with Crippen LogP contribution in [-0.2, 0) is 11.2 Å². The summed E-state index contributed by atoms with van der Waals surface area (Å²) in [5.74, 6) is -0.0182. The Bertz CT molecular complexity index is 1140. The summed E-state index contributed by atoms with van der Waals surface area (Å²) >= 11 is 1.56. The first-order valence-corrected chi connectivity index (χ1v) is 11.3. The highest BCUT2D eigenvalue weighted by molar-refractivity contribution is 7.15. The zero-order chi connectivity index (χ0) is 20.3. The molecule has 0 spiro atoms. The molecule has 1 N–H and O–H groups in total. The topological polar surface area (TPSA) is 49.6 Å². The number of hydrogen-bond donors (Lipinski definition) is 1. The molecule has 0 saturated carbocycles. The minimum atomic E-state index is -0.0182. The molecule has 0 radical (unpaired) electrons. The first-order chi connectivity index (χ1) is 14.8. The molecule has 2 aromatic heterocycles. The van der Waals surface area contributed by atoms with E-state index in [2.05, 4.69) is 22.3 Å². The van der Waals surface area contributed by atoms with Crippen molar-refractivity contribution in [2.24, 2.45) is 0 Å². The molecule has 4 aromatic rings. The van der Waals surface area contributed by atoms with Crippen LogP contribution in [0.3, 0.4) is 0 Å². The Balaban J connectivity index is 1.26. The van der Waals surface area contributed by atoms with Crippen molar-refractivity contribution in [3.63, 3.8) is 0 Å². The van der Waals surface area contributed by atoms with E-state index in [0.717, 1.165) is 40.7 Å². The highest BCUT2D eigenvalue weighted by atomic mass is 32.1. The maximum atomic E-state index is 12.6. The van der Waals surface area contributed by atoms with Gasteiger partial charge in [0.05, 0.1) is 12.1 Å². The van der Waals surface area contributed by atoms with E-state index in [9.17, 15) is 4.79 Å². The van der Waals surface area contributed by atoms with Crippen molar-refractivity contribution in [2.75, 3.05) is 23.3 Å². The number of benzene rings is 2. The highest BCUT2D eigenvalue weighted by Gasteiger charge is 2.14. The lowest BCUT2D eigenvalue weighted by Crippen LogP contribution is -2.29. The number of fused-ring (bicyclic) bond motifs is 1. The first-order valence-electron chi connectivity index (χ1n) is 10.4. The molecular formula is C24H24N4OS. The van der Waals surface area contributed by atoms with Gasteiger partial charge in [-0.3, -0.25) is 9.20 Å². The lowest BCUT2D eigenvalue weighted by atomic mass is 10.1. The van der Waals surface area contributed by atoms with Crippen LogP contribution in [0.5, 0.6) is 0 Å². The second kappa shape index (κ2) is 8.32. The maximum Gasteiger partial charge on any atom is 0.230 e. The molecule has 1 aliphatic heterocycles. The summed E-state index contributed by atoms with van der Waals surface area (Å²) in [7, 11) is 0. The van der Waals surface area contributed by atoms with E-state index in [0.29, 0.717) is 6.42 Å². The molecule has 2 aromatic carbocycles. The Hall–Kier alpha value is -3.12. The first kappa shape index (κ1) is 18.9. The Morgan fingerprint density at radius 3 is 2.53 bits per heavy atom. The number of anilines is 2. The van der Waals surface area contributed by atoms with Crippen molar-refractivity contribution in [2.45, 2.75) is 25.7 Å². The van der Waals surface area contributed by atoms with E-state index in [1.54, 1.807) is 11.3 Å². The lowest BCUT2D eigenvalue weighted by Gasteiger charge is -2.28. The Morgan fingerprint density at radius 2 is 1.77 bits per heavy atom. The SMILES string of the molecule is O=C(Cc1csc2nc(-c3ccccc3)cn12)Nc1ccc(N2CCCCC2)cc1. The molecule has 152 valence electrons. The van der Waals surface area contributed by atoms with Gasteiger partial charge in [-0.05, 0) is 43.5 Å². The van der Waals surface area contributed by atoms with E-state index < -0.39 is 0 Å². The average Bonchev–Trinajstić information content (AvgIpc) is 3.38. The number of rotatable bonds is 5. The standard InChI is InChI=1S/C24H24N4OS/c29-23(25-19-9-11-20(12-10-19)27-13-5-2-6-14-27)15-21-17-30-24-26-22(16-28(21)24)18-7-3-1-4-8-18/h1,3-4,7-12,16-17H,2,5-6,13-15H2,(H,25,29). The van der Waals surface area contributed by atoms with Crippen LogP contribution in [-0.4, -0.2) is 28.4 Å². The fourth-order valence-corrected chi connectivity index (χ4v) is 4.85. The zero-order valence-electron chi connectivity index (χ0n) is 16.8. The maximum absolute atomic E-state index is 12.6. The van der Waals surface area contributed by atoms with Gasteiger partial charge in [0, 0.05) is 47.3 Å². The summed E-state index contributed by atoms with van der Waals surface area (Å²) in [5.41, 5.74) is 5.03. The average molecular weight is 417 g/mol. The molecule has 30 heavy (non-hydrogen) atoms. The second-order valence-electron chi connectivity index (χ2n) is 7.69. The summed E-state index contributed by atoms with van der Waals surface area (Å²) in [6, 6.07) is 18.3. The van der Waals surface area contributed by atoms with Gasteiger partial charge in [-0.1, -0.05) is 30.3 Å². The number of hydrogen-bond acceptors (Lipinski definition) is 4. The van der Waals surface area contributed by atoms with Crippen molar-refractivity contribution in [3.05, 3.63) is 71.9 Å². The Kier molecular flexibility index (Phi) is 5.24. The van der Waals surface area contributed by atoms with Crippen molar-refractivity contribution < 1.29 is 4.79 Å². The number of carbonyl (C=O) groups is 1. The van der Waals surface area contributed by atoms with Gasteiger partial charge >= 0.3 is 0 Å². The molecule has 0 aliphatic carbocycles. The van der Waals surface area contributed by atoms with Gasteiger partial charge in [-0.2, -0.15) is 0 Å². The minimum Gasteiger partial charge on any atom is -0.372 e. The van der Waals surface area contributed by atoms with Crippen LogP contribution >= 0.6 is 11.3 Å². The van der Waals surface area contributed by atoms with Crippen LogP contribution in [0.2, 0.25) is 0 Å². The van der Waals surface area contributed by atoms with E-state index >= 15 is 0 Å². The molecule has 1 fully saturated rings. The van der Waals surface area contributed by atoms with Gasteiger partial charge < -0.3 is 10.2 Å². The van der Waals surface area contributed by atoms with Crippen LogP contribution in [0.1, 0.15) is 25.0 Å². The van der Waals surface area contributed by atoms with Gasteiger partial charge in [-0.25, -0.2) is 4.98 Å². The quantitative estimate of drug-likeness (QED) is 0.484. The second-order valence-corrected chi connectivity index (χ2v) is 8.53. The summed E-state index contributed by atoms with van der Waals surface area (Å²) < 4.78 is 2.02. The Morgan fingerprint density at radius 1 is 1.00 bits per heavy atom. The minimum absolute atomic E-state index is 0.0182. The van der Waals surface area contributed by atoms with Crippen LogP contribution in [0.15, 0.2) is 66.2 Å². The summed E-state index contributed by atoms with van der Waals surface area (Å²) in [6.07, 6.45) is 6.17. The number of amides is 1. The summed E-state index contributed by atoms with van der Waals surface area (Å²) in [6.45, 7) is 2.24. The Labute approximate surface area is 180 Å². The number of aromatic nitrogens is 2. The van der Waals surface area contributed by atoms with Gasteiger partial charge in [0.1, 0.15) is 0 Å². The summed E-state index contributed by atoms with van der Waals surface area (Å²) in [5, 5.41) is 5.04. The van der Waals surface area contributed by atoms with E-state index in [-0.39, 0.29) is 5.91 Å². The molecule has 1 saturated heterocycles. The summed E-state index contributed by atoms with van der Waals surface area (Å²) in [4.78, 5) is 20.7. The van der Waals surface area contributed by atoms with Gasteiger partial charge in [0.25, 0.3) is 0 Å². The number of carbonyl (C=O) groups excluding carboxylic acids is 1. The van der Waals surface area contributed by atoms with Crippen molar-refractivity contribution in [1.82, 2.24) is 9.38 Å². The number of thiazole rings is 1. The molecule has 3 heterocycles. The normalized spacial score (nSPS) is 14.2. The monoisotopic (exact) mass is 416 g/mol. The molecule has 5 rings (SSSR count). The van der Waals surface area contributed by atoms with Crippen LogP contribution in [0, 0.1) is 0 Å². The number of imidazole rings is 1. The third kappa shape index (κ3) is 3.96. The fourth-order valence-electron chi connectivity index (χ4n) is 3.98. The van der Waals surface area contributed by atoms with Crippen molar-refractivity contribution in [3.8, 4) is 11.3 Å². The van der Waals surface area contributed by atoms with E-state index in [1.165, 1.54) is 24.9 Å². The number of nitrogens with zero attached hydrogens (tertiary/aromatic N) is 3. The number of nitrogens with one attached hydrogen (secondary N) is 1. The third-order valence-corrected chi connectivity index (χ3v) is 6.46. The van der Waals surface area contributed by atoms with Crippen molar-refractivity contribution >= 4 is 33.6 Å². The smallest absolute Gasteiger partial charge is 0.230 e. The molecule has 5 nitrogen and oxygen atoms in total. The molecular weight excluding hydrogens is 392 g/mol. The van der Waals surface area contributed by atoms with Crippen LogP contribution in [0.25, 0.3) is 16.2 Å². The molecule has 6 heteroatoms. The molecule has 0 bridgehead atoms. The highest BCUT2D eigenvalue weighted by Crippen LogP contribution is 2.25. The lowest BCUT2D eigenvalue weighted by molar-refractivity contribution is -0.115. The fraction of sp³-hybridized carbons (Fsp3) is 0.250. The third-order valence-electron chi connectivity index (χ3n) is 5.57. The van der Waals surface area contributed by atoms with E-state index in [1.807, 2.05) is 58.4 Å². The zero-order valence-corrected chi connectivity index (χ0v) is 17.6. The largest absolute Gasteiger partial charge is 0.372 e. The number of piperidine rings is 1. The van der Waals surface area contributed by atoms with Crippen molar-refractivity contribution in [1.29, 1.82) is 0 Å². The van der Waals surface area contributed by atoms with Gasteiger partial charge in [-0.15, -0.1) is 11.3 Å². The molecule has 0 atom stereocenters. The van der Waals surface area contributed by atoms with E-state index in [4.69, 9.17) is 4.98 Å². The van der Waals surface area contributed by atoms with Gasteiger partial charge in [0.15, 0.2) is 4.96 Å². The van der Waals surface area contributed by atoms with Gasteiger partial charge in [0.2, 0.25) is 5.91 Å². The molecule has 1 aliphatic rings.